The van der Waals surface area contributed by atoms with Gasteiger partial charge in [-0.2, -0.15) is 0 Å². The molecule has 15 atom stereocenters. The van der Waals surface area contributed by atoms with Gasteiger partial charge in [-0.3, -0.25) is 71.7 Å². The first kappa shape index (κ1) is 57.2. The molecule has 0 radical (unpaired) electrons. The van der Waals surface area contributed by atoms with Crippen LogP contribution >= 0.6 is 0 Å². The molecule has 0 aromatic carbocycles. The molecular formula is C50H62N10O21. The van der Waals surface area contributed by atoms with Crippen LogP contribution in [0.3, 0.4) is 0 Å². The van der Waals surface area contributed by atoms with E-state index in [1.807, 2.05) is 0 Å². The molecule has 0 aliphatic carbocycles. The quantitative estimate of drug-likeness (QED) is 0.0450. The fourth-order valence-corrected chi connectivity index (χ4v) is 10.7. The Morgan fingerprint density at radius 3 is 0.877 bits per heavy atom. The Morgan fingerprint density at radius 1 is 0.383 bits per heavy atom. The Bertz CT molecular complexity index is 3780. The van der Waals surface area contributed by atoms with Crippen molar-refractivity contribution < 1.29 is 52.8 Å². The molecule has 31 heteroatoms. The summed E-state index contributed by atoms with van der Waals surface area (Å²) in [7, 11) is 0. The number of aromatic amines is 5. The van der Waals surface area contributed by atoms with Crippen molar-refractivity contribution in [3.05, 3.63) is 163 Å². The minimum absolute atomic E-state index is 0.0123. The molecule has 81 heavy (non-hydrogen) atoms. The molecule has 0 bridgehead atoms. The van der Waals surface area contributed by atoms with Gasteiger partial charge in [0.05, 0.1) is 63.6 Å². The number of rotatable bonds is 18. The summed E-state index contributed by atoms with van der Waals surface area (Å²) in [5.41, 5.74) is -5.48. The fourth-order valence-electron chi connectivity index (χ4n) is 10.7. The number of aliphatic hydroxyl groups is 2. The van der Waals surface area contributed by atoms with Crippen molar-refractivity contribution in [2.24, 2.45) is 0 Å². The summed E-state index contributed by atoms with van der Waals surface area (Å²) in [5.74, 6) is 0. The second-order valence-electron chi connectivity index (χ2n) is 21.0. The SMILES string of the molecule is Cc1cn([C@H]2C[C@H](OC[C@H]3O[C@@H](n4cc(C)c(=O)[nH]c4=O)C[C@@H]3OC[C@H]3O[C@@H](n4cc(C)c(=O)[nH]c4=O)C[C@@H]3OC[C@H]3O[C@@H](n4cc(C)c(=O)[nH]c4=O)C[C@@H]3OC[C@H]3O[C@@H](n4cc(C)c(=O)[nH]c4=O)C[C@@H]3O)[C@@H](CO)O2)c(=O)[nH]c1=O. The normalized spacial score (nSPS) is 30.2. The van der Waals surface area contributed by atoms with E-state index in [4.69, 9.17) is 42.6 Å². The summed E-state index contributed by atoms with van der Waals surface area (Å²) in [6.07, 6.45) is -7.30. The molecule has 10 rings (SSSR count). The Morgan fingerprint density at radius 2 is 0.605 bits per heavy atom. The summed E-state index contributed by atoms with van der Waals surface area (Å²) < 4.78 is 63.3. The molecule has 10 heterocycles. The lowest BCUT2D eigenvalue weighted by Crippen LogP contribution is -2.39. The Balaban J connectivity index is 0.887. The van der Waals surface area contributed by atoms with Crippen LogP contribution in [0.5, 0.6) is 0 Å². The molecule has 5 fully saturated rings. The number of H-pyrrole nitrogens is 5. The fraction of sp³-hybridized carbons (Fsp3) is 0.600. The highest BCUT2D eigenvalue weighted by atomic mass is 16.6. The zero-order valence-electron chi connectivity index (χ0n) is 44.5. The van der Waals surface area contributed by atoms with Gasteiger partial charge in [0, 0.05) is 90.9 Å². The number of aliphatic hydroxyl groups excluding tert-OH is 2. The summed E-state index contributed by atoms with van der Waals surface area (Å²) in [6, 6.07) is 0. The van der Waals surface area contributed by atoms with Crippen molar-refractivity contribution in [2.75, 3.05) is 33.0 Å². The van der Waals surface area contributed by atoms with Crippen LogP contribution in [-0.2, 0) is 42.6 Å². The molecule has 438 valence electrons. The first-order chi connectivity index (χ1) is 38.6. The summed E-state index contributed by atoms with van der Waals surface area (Å²) in [5, 5.41) is 21.4. The minimum atomic E-state index is -1.11. The Kier molecular flexibility index (Phi) is 16.6. The molecule has 0 unspecified atom stereocenters. The maximum Gasteiger partial charge on any atom is 0.330 e. The van der Waals surface area contributed by atoms with E-state index in [0.29, 0.717) is 0 Å². The number of aromatic nitrogens is 10. The van der Waals surface area contributed by atoms with E-state index in [9.17, 15) is 58.2 Å². The third kappa shape index (κ3) is 12.0. The van der Waals surface area contributed by atoms with Crippen LogP contribution in [0.25, 0.3) is 0 Å². The van der Waals surface area contributed by atoms with Crippen LogP contribution in [-0.4, -0.2) is 152 Å². The molecule has 5 saturated heterocycles. The van der Waals surface area contributed by atoms with Crippen molar-refractivity contribution in [3.8, 4) is 0 Å². The molecule has 31 nitrogen and oxygen atoms in total. The second-order valence-corrected chi connectivity index (χ2v) is 21.0. The lowest BCUT2D eigenvalue weighted by Gasteiger charge is -2.26. The van der Waals surface area contributed by atoms with Crippen LogP contribution in [0.4, 0.5) is 0 Å². The molecular weight excluding hydrogens is 1080 g/mol. The molecule has 5 aromatic rings. The largest absolute Gasteiger partial charge is 0.394 e. The van der Waals surface area contributed by atoms with Gasteiger partial charge < -0.3 is 52.8 Å². The lowest BCUT2D eigenvalue weighted by atomic mass is 10.1. The average Bonchev–Trinajstić information content (AvgIpc) is 4.34. The Hall–Kier alpha value is -7.04. The number of nitrogens with one attached hydrogen (secondary N) is 5. The van der Waals surface area contributed by atoms with E-state index in [-0.39, 0.29) is 86.3 Å². The van der Waals surface area contributed by atoms with E-state index in [1.54, 1.807) is 0 Å². The number of ether oxygens (including phenoxy) is 9. The van der Waals surface area contributed by atoms with E-state index in [0.717, 1.165) is 0 Å². The number of hydrogen-bond acceptors (Lipinski definition) is 21. The van der Waals surface area contributed by atoms with Gasteiger partial charge in [-0.25, -0.2) is 24.0 Å². The van der Waals surface area contributed by atoms with Gasteiger partial charge in [0.25, 0.3) is 27.8 Å². The van der Waals surface area contributed by atoms with Gasteiger partial charge in [-0.05, 0) is 34.6 Å². The maximum atomic E-state index is 13.3. The monoisotopic (exact) mass is 1140 g/mol. The zero-order chi connectivity index (χ0) is 57.7. The van der Waals surface area contributed by atoms with Gasteiger partial charge in [0.1, 0.15) is 61.7 Å². The van der Waals surface area contributed by atoms with E-state index in [2.05, 4.69) is 24.9 Å². The van der Waals surface area contributed by atoms with Crippen LogP contribution in [0.15, 0.2) is 78.9 Å². The molecule has 7 N–H and O–H groups in total. The number of aryl methyl sites for hydroxylation is 5. The van der Waals surface area contributed by atoms with Crippen molar-refractivity contribution in [3.63, 3.8) is 0 Å². The maximum absolute atomic E-state index is 13.3. The summed E-state index contributed by atoms with van der Waals surface area (Å²) >= 11 is 0. The van der Waals surface area contributed by atoms with Gasteiger partial charge in [0.2, 0.25) is 0 Å². The van der Waals surface area contributed by atoms with Gasteiger partial charge in [-0.1, -0.05) is 0 Å². The second kappa shape index (κ2) is 23.4. The molecule has 0 saturated carbocycles. The minimum Gasteiger partial charge on any atom is -0.394 e. The molecule has 0 spiro atoms. The van der Waals surface area contributed by atoms with E-state index >= 15 is 0 Å². The van der Waals surface area contributed by atoms with Crippen LogP contribution < -0.4 is 56.2 Å². The van der Waals surface area contributed by atoms with Crippen molar-refractivity contribution >= 4 is 0 Å². The van der Waals surface area contributed by atoms with Gasteiger partial charge in [0.15, 0.2) is 0 Å². The summed E-state index contributed by atoms with van der Waals surface area (Å²) in [4.78, 5) is 138. The third-order valence-corrected chi connectivity index (χ3v) is 15.3. The highest BCUT2D eigenvalue weighted by Gasteiger charge is 2.46. The molecule has 5 aromatic heterocycles. The van der Waals surface area contributed by atoms with Crippen molar-refractivity contribution in [1.82, 2.24) is 47.8 Å². The predicted octanol–water partition coefficient (Wildman–Crippen LogP) is -3.39. The van der Waals surface area contributed by atoms with Crippen molar-refractivity contribution in [2.45, 2.75) is 159 Å². The molecule has 0 amide bonds. The average molecular weight is 1140 g/mol. The summed E-state index contributed by atoms with van der Waals surface area (Å²) in [6.45, 7) is 6.18. The number of nitrogens with zero attached hydrogens (tertiary/aromatic N) is 5. The van der Waals surface area contributed by atoms with Crippen molar-refractivity contribution in [1.29, 1.82) is 0 Å². The lowest BCUT2D eigenvalue weighted by molar-refractivity contribution is -0.138. The third-order valence-electron chi connectivity index (χ3n) is 15.3. The van der Waals surface area contributed by atoms with E-state index in [1.165, 1.54) is 88.4 Å². The van der Waals surface area contributed by atoms with Gasteiger partial charge in [-0.15, -0.1) is 0 Å². The zero-order valence-corrected chi connectivity index (χ0v) is 44.5. The van der Waals surface area contributed by atoms with E-state index < -0.39 is 155 Å². The van der Waals surface area contributed by atoms with Crippen LogP contribution in [0.1, 0.15) is 91.1 Å². The highest BCUT2D eigenvalue weighted by molar-refractivity contribution is 5.07. The topological polar surface area (TPSA) is 398 Å². The smallest absolute Gasteiger partial charge is 0.330 e. The molecule has 5 aliphatic rings. The predicted molar refractivity (Wildman–Crippen MR) is 275 cm³/mol. The number of hydrogen-bond donors (Lipinski definition) is 7. The van der Waals surface area contributed by atoms with Gasteiger partial charge >= 0.3 is 28.4 Å². The van der Waals surface area contributed by atoms with Crippen LogP contribution in [0, 0.1) is 34.6 Å². The Labute approximate surface area is 454 Å². The first-order valence-electron chi connectivity index (χ1n) is 26.3. The van der Waals surface area contributed by atoms with Crippen LogP contribution in [0.2, 0.25) is 0 Å². The first-order valence-corrected chi connectivity index (χ1v) is 26.3. The molecule has 5 aliphatic heterocycles. The highest BCUT2D eigenvalue weighted by Crippen LogP contribution is 2.38. The standard InChI is InChI=1S/C50H62N10O21/c1-21-11-56(46(68)51-41(21)63)36-6-26(62)32(78-36)17-73-28-8-38(58-13-23(3)43(65)53-48(58)70)80-34(28)19-75-30-10-40(60-15-25(5)45(67)55-50(60)72)81-35(30)20-76-29-9-39(59-14-24(4)44(66)54-49(59)71)79-33(29)18-74-27-7-37(77-31(27)16-61)57-12-22(2)42(64)52-47(57)69/h11-15,26-40,61-62H,6-10,16-20H2,1-5H3,(H,51,63,68)(H,52,64,69)(H,53,65,70)(H,54,66,71)(H,55,67,72)/t26-,27-,28-,29-,30-,31+,32+,33+,34+,35+,36+,37+,38+,39+,40+/m0/s1.